The van der Waals surface area contributed by atoms with Crippen molar-refractivity contribution in [1.82, 2.24) is 0 Å². The molecule has 8 heteroatoms. The number of methoxy groups -OCH3 is 1. The third-order valence-corrected chi connectivity index (χ3v) is 6.51. The summed E-state index contributed by atoms with van der Waals surface area (Å²) >= 11 is 9.40. The van der Waals surface area contributed by atoms with Gasteiger partial charge in [0.05, 0.1) is 34.1 Å². The second-order valence-electron chi connectivity index (χ2n) is 5.75. The Morgan fingerprint density at radius 1 is 1.46 bits per heavy atom. The molecule has 0 atom stereocenters. The average molecular weight is 410 g/mol. The molecule has 0 bridgehead atoms. The molecule has 3 rings (SSSR count). The summed E-state index contributed by atoms with van der Waals surface area (Å²) in [4.78, 5) is 29.0. The molecule has 1 aliphatic heterocycles. The predicted molar refractivity (Wildman–Crippen MR) is 104 cm³/mol. The second kappa shape index (κ2) is 7.42. The lowest BCUT2D eigenvalue weighted by Gasteiger charge is -2.22. The Balaban J connectivity index is 2.20. The Kier molecular flexibility index (Phi) is 5.41. The van der Waals surface area contributed by atoms with Crippen molar-refractivity contribution >= 4 is 52.2 Å². The van der Waals surface area contributed by atoms with Gasteiger partial charge in [0, 0.05) is 28.6 Å². The molecular weight excluding hydrogens is 394 g/mol. The van der Waals surface area contributed by atoms with Crippen LogP contribution in [0.5, 0.6) is 0 Å². The van der Waals surface area contributed by atoms with E-state index in [1.54, 1.807) is 24.1 Å². The molecule has 0 saturated carbocycles. The van der Waals surface area contributed by atoms with E-state index in [1.807, 2.05) is 12.3 Å². The van der Waals surface area contributed by atoms with Crippen molar-refractivity contribution in [3.63, 3.8) is 0 Å². The number of carboxylic acids is 1. The van der Waals surface area contributed by atoms with Gasteiger partial charge in [0.25, 0.3) is 0 Å². The van der Waals surface area contributed by atoms with E-state index < -0.39 is 5.97 Å². The molecule has 26 heavy (non-hydrogen) atoms. The first-order chi connectivity index (χ1) is 12.4. The lowest BCUT2D eigenvalue weighted by atomic mass is 9.85. The van der Waals surface area contributed by atoms with Gasteiger partial charge < -0.3 is 9.84 Å². The van der Waals surface area contributed by atoms with Crippen molar-refractivity contribution in [3.05, 3.63) is 50.2 Å². The molecule has 0 amide bonds. The summed E-state index contributed by atoms with van der Waals surface area (Å²) in [6.45, 7) is 1.75. The number of carbonyl (C=O) groups excluding carboxylic acids is 1. The van der Waals surface area contributed by atoms with Gasteiger partial charge in [-0.15, -0.1) is 23.1 Å². The Bertz CT molecular complexity index is 937. The fraction of sp³-hybridized carbons (Fsp3) is 0.278. The highest BCUT2D eigenvalue weighted by molar-refractivity contribution is 8.00. The molecule has 1 aliphatic carbocycles. The highest BCUT2D eigenvalue weighted by Gasteiger charge is 2.37. The van der Waals surface area contributed by atoms with E-state index in [2.05, 4.69) is 4.99 Å². The van der Waals surface area contributed by atoms with Gasteiger partial charge in [0.2, 0.25) is 0 Å². The van der Waals surface area contributed by atoms with Gasteiger partial charge in [-0.05, 0) is 24.8 Å². The highest BCUT2D eigenvalue weighted by atomic mass is 35.5. The van der Waals surface area contributed by atoms with Crippen LogP contribution >= 0.6 is 34.7 Å². The molecule has 2 heterocycles. The third kappa shape index (κ3) is 3.26. The quantitative estimate of drug-likeness (QED) is 0.546. The zero-order valence-electron chi connectivity index (χ0n) is 14.4. The molecule has 2 aliphatic rings. The van der Waals surface area contributed by atoms with E-state index in [9.17, 15) is 14.7 Å². The molecule has 1 aromatic rings. The van der Waals surface area contributed by atoms with E-state index in [-0.39, 0.29) is 12.2 Å². The summed E-state index contributed by atoms with van der Waals surface area (Å²) in [7, 11) is 1.46. The molecular formula is C18H16ClNO4S2. The minimum Gasteiger partial charge on any atom is -0.495 e. The van der Waals surface area contributed by atoms with Crippen molar-refractivity contribution in [2.75, 3.05) is 13.4 Å². The Labute approximate surface area is 164 Å². The number of allylic oxidation sites excluding steroid dienone is 4. The van der Waals surface area contributed by atoms with Crippen LogP contribution in [0, 0.1) is 0 Å². The maximum absolute atomic E-state index is 13.3. The molecule has 0 spiro atoms. The van der Waals surface area contributed by atoms with E-state index in [0.717, 1.165) is 4.21 Å². The Morgan fingerprint density at radius 2 is 2.19 bits per heavy atom. The number of halogens is 1. The lowest BCUT2D eigenvalue weighted by Crippen LogP contribution is -2.20. The van der Waals surface area contributed by atoms with Crippen LogP contribution in [0.1, 0.15) is 30.1 Å². The van der Waals surface area contributed by atoms with Crippen LogP contribution in [0.4, 0.5) is 0 Å². The van der Waals surface area contributed by atoms with Crippen LogP contribution in [0.2, 0.25) is 0 Å². The fourth-order valence-corrected chi connectivity index (χ4v) is 4.75. The maximum Gasteiger partial charge on any atom is 0.307 e. The Morgan fingerprint density at radius 3 is 2.77 bits per heavy atom. The number of thiophene rings is 1. The molecule has 0 aromatic carbocycles. The van der Waals surface area contributed by atoms with E-state index in [1.165, 1.54) is 18.4 Å². The fourth-order valence-electron chi connectivity index (χ4n) is 3.06. The van der Waals surface area contributed by atoms with Gasteiger partial charge in [0.15, 0.2) is 5.78 Å². The number of fused-ring (bicyclic) bond motifs is 1. The van der Waals surface area contributed by atoms with E-state index in [4.69, 9.17) is 16.3 Å². The number of ether oxygens (including phenoxy) is 1. The topological polar surface area (TPSA) is 76.0 Å². The summed E-state index contributed by atoms with van der Waals surface area (Å²) in [5.41, 5.74) is 3.12. The summed E-state index contributed by atoms with van der Waals surface area (Å²) in [5.74, 6) is -0.924. The lowest BCUT2D eigenvalue weighted by molar-refractivity contribution is -0.136. The van der Waals surface area contributed by atoms with Crippen LogP contribution in [0.3, 0.4) is 0 Å². The molecule has 5 nitrogen and oxygen atoms in total. The summed E-state index contributed by atoms with van der Waals surface area (Å²) in [6, 6.07) is 1.82. The SMILES string of the molecule is COC1=C(Cl)CC2=NC(C)=C(CC(=O)O)C2=C1C(=O)c1csc(SC)c1. The number of rotatable bonds is 6. The predicted octanol–water partition coefficient (Wildman–Crippen LogP) is 4.65. The van der Waals surface area contributed by atoms with Gasteiger partial charge in [-0.1, -0.05) is 11.6 Å². The molecule has 0 radical (unpaired) electrons. The standard InChI is InChI=1S/C18H16ClNO4S2/c1-8-10(5-13(21)22)15-12(20-8)6-11(19)18(24-2)16(15)17(23)9-4-14(25-3)26-7-9/h4,7H,5-6H2,1-3H3,(H,21,22). The van der Waals surface area contributed by atoms with Crippen LogP contribution in [0.25, 0.3) is 0 Å². The number of aliphatic carboxylic acids is 1. The minimum atomic E-state index is -0.977. The largest absolute Gasteiger partial charge is 0.495 e. The number of aliphatic imine (C=N–C) groups is 1. The normalized spacial score (nSPS) is 16.8. The van der Waals surface area contributed by atoms with Gasteiger partial charge in [-0.3, -0.25) is 14.6 Å². The van der Waals surface area contributed by atoms with Crippen molar-refractivity contribution in [2.24, 2.45) is 4.99 Å². The number of carboxylic acid groups (broad SMARTS) is 1. The van der Waals surface area contributed by atoms with Crippen molar-refractivity contribution in [1.29, 1.82) is 0 Å². The minimum absolute atomic E-state index is 0.209. The van der Waals surface area contributed by atoms with Crippen LogP contribution in [0.15, 0.2) is 53.9 Å². The molecule has 1 N–H and O–H groups in total. The van der Waals surface area contributed by atoms with Crippen molar-refractivity contribution in [3.8, 4) is 0 Å². The third-order valence-electron chi connectivity index (χ3n) is 4.17. The summed E-state index contributed by atoms with van der Waals surface area (Å²) in [5, 5.41) is 11.5. The number of hydrogen-bond acceptors (Lipinski definition) is 6. The van der Waals surface area contributed by atoms with Gasteiger partial charge in [0.1, 0.15) is 5.76 Å². The van der Waals surface area contributed by atoms with Crippen LogP contribution in [-0.4, -0.2) is 35.9 Å². The van der Waals surface area contributed by atoms with Crippen LogP contribution in [-0.2, 0) is 9.53 Å². The molecule has 0 unspecified atom stereocenters. The first kappa shape index (κ1) is 18.9. The van der Waals surface area contributed by atoms with Crippen molar-refractivity contribution in [2.45, 2.75) is 24.0 Å². The number of ketones is 1. The average Bonchev–Trinajstić information content (AvgIpc) is 3.18. The number of hydrogen-bond donors (Lipinski definition) is 1. The molecule has 0 fully saturated rings. The monoisotopic (exact) mass is 409 g/mol. The first-order valence-electron chi connectivity index (χ1n) is 7.71. The van der Waals surface area contributed by atoms with E-state index in [0.29, 0.717) is 50.9 Å². The Hall–Kier alpha value is -1.83. The van der Waals surface area contributed by atoms with Crippen LogP contribution < -0.4 is 0 Å². The zero-order valence-corrected chi connectivity index (χ0v) is 16.8. The molecule has 0 saturated heterocycles. The number of thioether (sulfide) groups is 1. The maximum atomic E-state index is 13.3. The zero-order chi connectivity index (χ0) is 19.0. The highest BCUT2D eigenvalue weighted by Crippen LogP contribution is 2.42. The van der Waals surface area contributed by atoms with E-state index >= 15 is 0 Å². The molecule has 1 aromatic heterocycles. The smallest absolute Gasteiger partial charge is 0.307 e. The summed E-state index contributed by atoms with van der Waals surface area (Å²) in [6.07, 6.45) is 2.05. The summed E-state index contributed by atoms with van der Waals surface area (Å²) < 4.78 is 6.45. The van der Waals surface area contributed by atoms with Gasteiger partial charge in [-0.25, -0.2) is 0 Å². The van der Waals surface area contributed by atoms with Gasteiger partial charge >= 0.3 is 5.97 Å². The number of Topliss-reactive ketones (excluding diaryl/α,β-unsaturated/α-hetero) is 1. The number of nitrogens with zero attached hydrogens (tertiary/aromatic N) is 1. The van der Waals surface area contributed by atoms with Gasteiger partial charge in [-0.2, -0.15) is 0 Å². The second-order valence-corrected chi connectivity index (χ2v) is 8.22. The molecule has 136 valence electrons. The number of carbonyl (C=O) groups is 2. The van der Waals surface area contributed by atoms with Crippen molar-refractivity contribution < 1.29 is 19.4 Å². The first-order valence-corrected chi connectivity index (χ1v) is 10.2.